The molecule has 1 aliphatic rings. The van der Waals surface area contributed by atoms with Gasteiger partial charge in [0.1, 0.15) is 10.6 Å². The summed E-state index contributed by atoms with van der Waals surface area (Å²) in [5, 5.41) is 6.99. The molecule has 0 aromatic carbocycles. The molecule has 0 radical (unpaired) electrons. The summed E-state index contributed by atoms with van der Waals surface area (Å²) in [5.41, 5.74) is 0.422. The van der Waals surface area contributed by atoms with E-state index >= 15 is 0 Å². The quantitative estimate of drug-likeness (QED) is 0.885. The first-order chi connectivity index (χ1) is 8.34. The number of aromatic nitrogens is 1. The fourth-order valence-electron chi connectivity index (χ4n) is 2.28. The molecule has 0 saturated carbocycles. The van der Waals surface area contributed by atoms with Crippen molar-refractivity contribution in [3.63, 3.8) is 0 Å². The summed E-state index contributed by atoms with van der Waals surface area (Å²) < 4.78 is 31.8. The van der Waals surface area contributed by atoms with Gasteiger partial charge in [0.15, 0.2) is 5.76 Å². The van der Waals surface area contributed by atoms with Gasteiger partial charge in [0.25, 0.3) is 0 Å². The lowest BCUT2D eigenvalue weighted by Gasteiger charge is -2.36. The Kier molecular flexibility index (Phi) is 5.00. The van der Waals surface area contributed by atoms with Crippen LogP contribution in [0.1, 0.15) is 25.3 Å². The van der Waals surface area contributed by atoms with Gasteiger partial charge in [0.2, 0.25) is 10.0 Å². The molecule has 1 fully saturated rings. The monoisotopic (exact) mass is 309 g/mol. The predicted molar refractivity (Wildman–Crippen MR) is 74.0 cm³/mol. The minimum Gasteiger partial charge on any atom is -0.360 e. The molecule has 0 amide bonds. The Morgan fingerprint density at radius 1 is 1.37 bits per heavy atom. The molecule has 1 N–H and O–H groups in total. The topological polar surface area (TPSA) is 75.4 Å². The van der Waals surface area contributed by atoms with Crippen LogP contribution in [0.25, 0.3) is 0 Å². The summed E-state index contributed by atoms with van der Waals surface area (Å²) in [4.78, 5) is 0.212. The van der Waals surface area contributed by atoms with E-state index in [-0.39, 0.29) is 29.4 Å². The molecule has 0 spiro atoms. The molecular weight excluding hydrogens is 290 g/mol. The van der Waals surface area contributed by atoms with E-state index in [1.165, 1.54) is 4.31 Å². The third-order valence-electron chi connectivity index (χ3n) is 3.24. The molecule has 0 aliphatic carbocycles. The fourth-order valence-corrected chi connectivity index (χ4v) is 4.30. The third kappa shape index (κ3) is 2.94. The SMILES string of the molecule is Cc1noc(C)c1S(=O)(=O)N1CC(C)NCC1C.Cl. The van der Waals surface area contributed by atoms with Gasteiger partial charge in [-0.1, -0.05) is 5.16 Å². The zero-order valence-corrected chi connectivity index (χ0v) is 13.1. The molecule has 110 valence electrons. The van der Waals surface area contributed by atoms with E-state index in [0.29, 0.717) is 24.5 Å². The molecule has 1 saturated heterocycles. The maximum Gasteiger partial charge on any atom is 0.248 e. The Bertz CT molecular complexity index is 524. The van der Waals surface area contributed by atoms with Crippen LogP contribution >= 0.6 is 12.4 Å². The van der Waals surface area contributed by atoms with Crippen molar-refractivity contribution in [2.75, 3.05) is 13.1 Å². The maximum absolute atomic E-state index is 12.6. The summed E-state index contributed by atoms with van der Waals surface area (Å²) in [7, 11) is -3.53. The van der Waals surface area contributed by atoms with Gasteiger partial charge in [-0.15, -0.1) is 12.4 Å². The maximum atomic E-state index is 12.6. The Labute approximate surface area is 120 Å². The molecule has 1 aromatic rings. The van der Waals surface area contributed by atoms with Gasteiger partial charge in [-0.3, -0.25) is 0 Å². The van der Waals surface area contributed by atoms with Crippen LogP contribution in [0.4, 0.5) is 0 Å². The molecule has 0 bridgehead atoms. The van der Waals surface area contributed by atoms with Crippen molar-refractivity contribution >= 4 is 22.4 Å². The highest BCUT2D eigenvalue weighted by atomic mass is 35.5. The number of hydrogen-bond donors (Lipinski definition) is 1. The van der Waals surface area contributed by atoms with E-state index in [4.69, 9.17) is 4.52 Å². The number of sulfonamides is 1. The van der Waals surface area contributed by atoms with Gasteiger partial charge < -0.3 is 9.84 Å². The lowest BCUT2D eigenvalue weighted by molar-refractivity contribution is 0.244. The molecule has 8 heteroatoms. The van der Waals surface area contributed by atoms with Crippen molar-refractivity contribution in [2.45, 2.75) is 44.7 Å². The molecule has 2 heterocycles. The minimum absolute atomic E-state index is 0. The fraction of sp³-hybridized carbons (Fsp3) is 0.727. The second kappa shape index (κ2) is 5.78. The van der Waals surface area contributed by atoms with Crippen molar-refractivity contribution in [3.8, 4) is 0 Å². The van der Waals surface area contributed by atoms with Gasteiger partial charge >= 0.3 is 0 Å². The minimum atomic E-state index is -3.53. The van der Waals surface area contributed by atoms with E-state index in [9.17, 15) is 8.42 Å². The molecule has 6 nitrogen and oxygen atoms in total. The lowest BCUT2D eigenvalue weighted by Crippen LogP contribution is -2.56. The van der Waals surface area contributed by atoms with Crippen LogP contribution in [0.5, 0.6) is 0 Å². The average molecular weight is 310 g/mol. The average Bonchev–Trinajstić information content (AvgIpc) is 2.62. The Morgan fingerprint density at radius 3 is 2.53 bits per heavy atom. The molecule has 19 heavy (non-hydrogen) atoms. The van der Waals surface area contributed by atoms with Crippen molar-refractivity contribution < 1.29 is 12.9 Å². The zero-order chi connectivity index (χ0) is 13.5. The van der Waals surface area contributed by atoms with Gasteiger partial charge in [0.05, 0.1) is 0 Å². The van der Waals surface area contributed by atoms with E-state index in [2.05, 4.69) is 10.5 Å². The number of nitrogens with zero attached hydrogens (tertiary/aromatic N) is 2. The normalized spacial score (nSPS) is 25.1. The van der Waals surface area contributed by atoms with Crippen LogP contribution < -0.4 is 5.32 Å². The molecule has 1 aromatic heterocycles. The van der Waals surface area contributed by atoms with Crippen LogP contribution in [-0.4, -0.2) is 43.1 Å². The third-order valence-corrected chi connectivity index (χ3v) is 5.47. The van der Waals surface area contributed by atoms with Crippen LogP contribution in [0.2, 0.25) is 0 Å². The predicted octanol–water partition coefficient (Wildman–Crippen LogP) is 1.08. The van der Waals surface area contributed by atoms with Crippen LogP contribution in [-0.2, 0) is 10.0 Å². The van der Waals surface area contributed by atoms with Gasteiger partial charge in [-0.2, -0.15) is 4.31 Å². The molecule has 2 rings (SSSR count). The standard InChI is InChI=1S/C11H19N3O3S.ClH/c1-7-6-14(8(2)5-12-7)18(15,16)11-9(3)13-17-10(11)4;/h7-8,12H,5-6H2,1-4H3;1H. The van der Waals surface area contributed by atoms with Crippen molar-refractivity contribution in [1.29, 1.82) is 0 Å². The van der Waals surface area contributed by atoms with E-state index < -0.39 is 10.0 Å². The highest BCUT2D eigenvalue weighted by Crippen LogP contribution is 2.25. The van der Waals surface area contributed by atoms with Crippen molar-refractivity contribution in [2.24, 2.45) is 0 Å². The molecule has 2 atom stereocenters. The second-order valence-electron chi connectivity index (χ2n) is 4.89. The Morgan fingerprint density at radius 2 is 2.00 bits per heavy atom. The van der Waals surface area contributed by atoms with Gasteiger partial charge in [-0.05, 0) is 27.7 Å². The van der Waals surface area contributed by atoms with E-state index in [0.717, 1.165) is 0 Å². The molecule has 1 aliphatic heterocycles. The van der Waals surface area contributed by atoms with E-state index in [1.807, 2.05) is 13.8 Å². The van der Waals surface area contributed by atoms with Gasteiger partial charge in [0, 0.05) is 25.2 Å². The number of nitrogens with one attached hydrogen (secondary N) is 1. The second-order valence-corrected chi connectivity index (χ2v) is 6.71. The van der Waals surface area contributed by atoms with Crippen LogP contribution in [0, 0.1) is 13.8 Å². The van der Waals surface area contributed by atoms with E-state index in [1.54, 1.807) is 13.8 Å². The molecular formula is C11H20ClN3O3S. The number of hydrogen-bond acceptors (Lipinski definition) is 5. The Balaban J connectivity index is 0.00000180. The highest BCUT2D eigenvalue weighted by Gasteiger charge is 2.36. The van der Waals surface area contributed by atoms with Crippen LogP contribution in [0.15, 0.2) is 9.42 Å². The summed E-state index contributed by atoms with van der Waals surface area (Å²) in [6.07, 6.45) is 0. The number of aryl methyl sites for hydroxylation is 2. The first-order valence-electron chi connectivity index (χ1n) is 6.02. The van der Waals surface area contributed by atoms with Crippen LogP contribution in [0.3, 0.4) is 0 Å². The zero-order valence-electron chi connectivity index (χ0n) is 11.5. The van der Waals surface area contributed by atoms with Crippen molar-refractivity contribution in [3.05, 3.63) is 11.5 Å². The summed E-state index contributed by atoms with van der Waals surface area (Å²) in [6, 6.07) is 0.0800. The largest absolute Gasteiger partial charge is 0.360 e. The summed E-state index contributed by atoms with van der Waals surface area (Å²) in [6.45, 7) is 8.27. The first-order valence-corrected chi connectivity index (χ1v) is 7.46. The number of rotatable bonds is 2. The summed E-state index contributed by atoms with van der Waals surface area (Å²) >= 11 is 0. The molecule has 2 unspecified atom stereocenters. The lowest BCUT2D eigenvalue weighted by atomic mass is 10.2. The van der Waals surface area contributed by atoms with Crippen molar-refractivity contribution in [1.82, 2.24) is 14.8 Å². The smallest absolute Gasteiger partial charge is 0.248 e. The first kappa shape index (κ1) is 16.4. The summed E-state index contributed by atoms with van der Waals surface area (Å²) in [5.74, 6) is 0.353. The van der Waals surface area contributed by atoms with Gasteiger partial charge in [-0.25, -0.2) is 8.42 Å². The number of halogens is 1. The highest BCUT2D eigenvalue weighted by molar-refractivity contribution is 7.89. The Hall–Kier alpha value is -0.630. The number of piperazine rings is 1.